The minimum Gasteiger partial charge on any atom is -0.379 e. The highest BCUT2D eigenvalue weighted by Gasteiger charge is 2.21. The average Bonchev–Trinajstić information content (AvgIpc) is 3.53. The van der Waals surface area contributed by atoms with Crippen molar-refractivity contribution in [3.8, 4) is 0 Å². The monoisotopic (exact) mass is 396 g/mol. The van der Waals surface area contributed by atoms with Gasteiger partial charge >= 0.3 is 0 Å². The zero-order chi connectivity index (χ0) is 20.0. The molecular formula is C26H52O2. The van der Waals surface area contributed by atoms with Gasteiger partial charge in [0, 0.05) is 6.61 Å². The Morgan fingerprint density at radius 2 is 0.857 bits per heavy atom. The van der Waals surface area contributed by atoms with Crippen molar-refractivity contribution in [3.05, 3.63) is 0 Å². The maximum atomic E-state index is 5.57. The van der Waals surface area contributed by atoms with Crippen molar-refractivity contribution in [1.82, 2.24) is 0 Å². The van der Waals surface area contributed by atoms with Gasteiger partial charge < -0.3 is 9.47 Å². The average molecular weight is 397 g/mol. The van der Waals surface area contributed by atoms with Gasteiger partial charge in [0.25, 0.3) is 0 Å². The number of rotatable bonds is 24. The Morgan fingerprint density at radius 1 is 0.536 bits per heavy atom. The van der Waals surface area contributed by atoms with Crippen LogP contribution in [0.4, 0.5) is 0 Å². The van der Waals surface area contributed by atoms with E-state index < -0.39 is 0 Å². The summed E-state index contributed by atoms with van der Waals surface area (Å²) in [4.78, 5) is 0. The molecular weight excluding hydrogens is 344 g/mol. The molecule has 0 amide bonds. The summed E-state index contributed by atoms with van der Waals surface area (Å²) in [6.07, 6.45) is 30.7. The first-order chi connectivity index (χ1) is 13.9. The number of ether oxygens (including phenoxy) is 2. The molecule has 0 aromatic carbocycles. The molecule has 1 aliphatic heterocycles. The largest absolute Gasteiger partial charge is 0.379 e. The van der Waals surface area contributed by atoms with Crippen LogP contribution < -0.4 is 0 Å². The van der Waals surface area contributed by atoms with Gasteiger partial charge in [0.05, 0.1) is 13.2 Å². The third kappa shape index (κ3) is 20.6. The second-order valence-corrected chi connectivity index (χ2v) is 9.10. The van der Waals surface area contributed by atoms with E-state index in [4.69, 9.17) is 9.47 Å². The summed E-state index contributed by atoms with van der Waals surface area (Å²) in [5, 5.41) is 0. The molecule has 0 radical (unpaired) electrons. The van der Waals surface area contributed by atoms with Gasteiger partial charge in [-0.3, -0.25) is 0 Å². The van der Waals surface area contributed by atoms with Crippen LogP contribution in [0, 0.1) is 0 Å². The quantitative estimate of drug-likeness (QED) is 0.120. The molecule has 0 aromatic heterocycles. The van der Waals surface area contributed by atoms with Crippen molar-refractivity contribution in [2.45, 2.75) is 148 Å². The van der Waals surface area contributed by atoms with Crippen LogP contribution in [0.25, 0.3) is 0 Å². The first-order valence-electron chi connectivity index (χ1n) is 13.1. The van der Waals surface area contributed by atoms with Gasteiger partial charge in [-0.2, -0.15) is 0 Å². The van der Waals surface area contributed by atoms with Crippen LogP contribution in [-0.4, -0.2) is 25.9 Å². The van der Waals surface area contributed by atoms with Gasteiger partial charge in [0.1, 0.15) is 6.10 Å². The molecule has 0 aliphatic carbocycles. The molecule has 1 rings (SSSR count). The molecule has 168 valence electrons. The number of hydrogen-bond donors (Lipinski definition) is 0. The van der Waals surface area contributed by atoms with E-state index in [1.807, 2.05) is 0 Å². The van der Waals surface area contributed by atoms with Crippen LogP contribution in [-0.2, 0) is 9.47 Å². The Hall–Kier alpha value is -0.0800. The van der Waals surface area contributed by atoms with Crippen LogP contribution in [0.15, 0.2) is 0 Å². The lowest BCUT2D eigenvalue weighted by Crippen LogP contribution is -2.02. The van der Waals surface area contributed by atoms with Crippen LogP contribution in [0.5, 0.6) is 0 Å². The molecule has 1 aliphatic rings. The number of hydrogen-bond acceptors (Lipinski definition) is 2. The van der Waals surface area contributed by atoms with E-state index in [9.17, 15) is 0 Å². The Morgan fingerprint density at radius 3 is 1.18 bits per heavy atom. The van der Waals surface area contributed by atoms with Gasteiger partial charge in [0.15, 0.2) is 0 Å². The second-order valence-electron chi connectivity index (χ2n) is 9.10. The van der Waals surface area contributed by atoms with Gasteiger partial charge in [-0.05, 0) is 6.42 Å². The molecule has 1 atom stereocenters. The number of unbranched alkanes of at least 4 members (excludes halogenated alkanes) is 20. The summed E-state index contributed by atoms with van der Waals surface area (Å²) in [6.45, 7) is 4.96. The highest BCUT2D eigenvalue weighted by Crippen LogP contribution is 2.15. The zero-order valence-corrected chi connectivity index (χ0v) is 19.4. The standard InChI is InChI=1S/C26H52O2/c1-2-3-4-5-6-7-8-9-10-11-12-13-14-15-16-17-18-19-20-21-22-23-27-24-26-25-28-26/h26H,2-25H2,1H3. The molecule has 0 bridgehead atoms. The maximum absolute atomic E-state index is 5.57. The molecule has 0 aromatic rings. The van der Waals surface area contributed by atoms with Crippen molar-refractivity contribution in [2.24, 2.45) is 0 Å². The Labute approximate surface area is 177 Å². The molecule has 0 N–H and O–H groups in total. The zero-order valence-electron chi connectivity index (χ0n) is 19.4. The van der Waals surface area contributed by atoms with Crippen molar-refractivity contribution in [2.75, 3.05) is 19.8 Å². The van der Waals surface area contributed by atoms with Crippen LogP contribution in [0.1, 0.15) is 142 Å². The summed E-state index contributed by atoms with van der Waals surface area (Å²) in [5.74, 6) is 0. The Bertz CT molecular complexity index is 288. The van der Waals surface area contributed by atoms with Crippen molar-refractivity contribution in [1.29, 1.82) is 0 Å². The third-order valence-electron chi connectivity index (χ3n) is 6.10. The normalized spacial score (nSPS) is 16.0. The van der Waals surface area contributed by atoms with E-state index in [1.54, 1.807) is 0 Å². The van der Waals surface area contributed by atoms with Gasteiger partial charge in [0.2, 0.25) is 0 Å². The molecule has 1 saturated heterocycles. The van der Waals surface area contributed by atoms with Crippen LogP contribution >= 0.6 is 0 Å². The predicted molar refractivity (Wildman–Crippen MR) is 123 cm³/mol. The first-order valence-corrected chi connectivity index (χ1v) is 13.1. The Balaban J connectivity index is 1.58. The van der Waals surface area contributed by atoms with Gasteiger partial charge in [-0.1, -0.05) is 135 Å². The van der Waals surface area contributed by atoms with E-state index in [0.29, 0.717) is 6.10 Å². The molecule has 1 unspecified atom stereocenters. The molecule has 0 spiro atoms. The first kappa shape index (κ1) is 26.0. The fourth-order valence-corrected chi connectivity index (χ4v) is 4.02. The van der Waals surface area contributed by atoms with E-state index in [2.05, 4.69) is 6.92 Å². The smallest absolute Gasteiger partial charge is 0.104 e. The van der Waals surface area contributed by atoms with Crippen molar-refractivity contribution in [3.63, 3.8) is 0 Å². The summed E-state index contributed by atoms with van der Waals surface area (Å²) >= 11 is 0. The van der Waals surface area contributed by atoms with E-state index in [1.165, 1.54) is 135 Å². The summed E-state index contributed by atoms with van der Waals surface area (Å²) in [6, 6.07) is 0. The van der Waals surface area contributed by atoms with E-state index in [-0.39, 0.29) is 0 Å². The van der Waals surface area contributed by atoms with Crippen molar-refractivity contribution < 1.29 is 9.47 Å². The minimum atomic E-state index is 0.426. The number of epoxide rings is 1. The highest BCUT2D eigenvalue weighted by atomic mass is 16.6. The molecule has 28 heavy (non-hydrogen) atoms. The lowest BCUT2D eigenvalue weighted by atomic mass is 10.0. The Kier molecular flexibility index (Phi) is 20.0. The molecule has 0 saturated carbocycles. The van der Waals surface area contributed by atoms with Gasteiger partial charge in [-0.25, -0.2) is 0 Å². The minimum absolute atomic E-state index is 0.426. The van der Waals surface area contributed by atoms with Crippen LogP contribution in [0.2, 0.25) is 0 Å². The van der Waals surface area contributed by atoms with E-state index >= 15 is 0 Å². The fourth-order valence-electron chi connectivity index (χ4n) is 4.02. The molecule has 2 heteroatoms. The lowest BCUT2D eigenvalue weighted by Gasteiger charge is -2.04. The molecule has 2 nitrogen and oxygen atoms in total. The summed E-state index contributed by atoms with van der Waals surface area (Å²) < 4.78 is 10.7. The predicted octanol–water partition coefficient (Wildman–Crippen LogP) is 8.61. The lowest BCUT2D eigenvalue weighted by molar-refractivity contribution is 0.113. The summed E-state index contributed by atoms with van der Waals surface area (Å²) in [5.41, 5.74) is 0. The topological polar surface area (TPSA) is 21.8 Å². The summed E-state index contributed by atoms with van der Waals surface area (Å²) in [7, 11) is 0. The molecule has 1 heterocycles. The van der Waals surface area contributed by atoms with Crippen molar-refractivity contribution >= 4 is 0 Å². The third-order valence-corrected chi connectivity index (χ3v) is 6.10. The second kappa shape index (κ2) is 21.6. The molecule has 1 fully saturated rings. The van der Waals surface area contributed by atoms with Gasteiger partial charge in [-0.15, -0.1) is 0 Å². The SMILES string of the molecule is CCCCCCCCCCCCCCCCCCCCCCCOCC1CO1. The van der Waals surface area contributed by atoms with Crippen LogP contribution in [0.3, 0.4) is 0 Å². The maximum Gasteiger partial charge on any atom is 0.104 e. The fraction of sp³-hybridized carbons (Fsp3) is 1.00. The van der Waals surface area contributed by atoms with E-state index in [0.717, 1.165) is 19.8 Å². The highest BCUT2D eigenvalue weighted by molar-refractivity contribution is 4.67.